The minimum atomic E-state index is -3.33. The Hall–Kier alpha value is -3.78. The summed E-state index contributed by atoms with van der Waals surface area (Å²) in [7, 11) is -1.84. The first-order chi connectivity index (χ1) is 16.1. The average Bonchev–Trinajstić information content (AvgIpc) is 2.78. The van der Waals surface area contributed by atoms with E-state index in [2.05, 4.69) is 15.5 Å². The number of fused-ring (bicyclic) bond motifs is 1. The van der Waals surface area contributed by atoms with E-state index in [1.165, 1.54) is 30.1 Å². The average molecular weight is 482 g/mol. The molecule has 1 amide bonds. The van der Waals surface area contributed by atoms with Crippen molar-refractivity contribution in [1.29, 1.82) is 5.26 Å². The van der Waals surface area contributed by atoms with Crippen molar-refractivity contribution in [3.05, 3.63) is 63.6 Å². The van der Waals surface area contributed by atoms with Crippen molar-refractivity contribution in [3.63, 3.8) is 0 Å². The van der Waals surface area contributed by atoms with Gasteiger partial charge in [0, 0.05) is 25.2 Å². The summed E-state index contributed by atoms with van der Waals surface area (Å²) in [4.78, 5) is 25.7. The normalized spacial score (nSPS) is 14.7. The van der Waals surface area contributed by atoms with E-state index in [-0.39, 0.29) is 24.6 Å². The molecule has 1 saturated carbocycles. The van der Waals surface area contributed by atoms with Gasteiger partial charge >= 0.3 is 0 Å². The molecular formula is C23H23N5O5S. The number of hydrogen-bond acceptors (Lipinski definition) is 8. The predicted octanol–water partition coefficient (Wildman–Crippen LogP) is 1.48. The van der Waals surface area contributed by atoms with E-state index in [4.69, 9.17) is 10.00 Å². The molecule has 0 atom stereocenters. The quantitative estimate of drug-likeness (QED) is 0.534. The Balaban J connectivity index is 1.58. The number of carbonyl (C=O) groups is 1. The van der Waals surface area contributed by atoms with Crippen LogP contribution in [0.15, 0.2) is 41.3 Å². The molecule has 4 rings (SSSR count). The number of ether oxygens (including phenoxy) is 1. The molecular weight excluding hydrogens is 458 g/mol. The summed E-state index contributed by atoms with van der Waals surface area (Å²) in [6.45, 7) is 0.100. The fraction of sp³-hybridized carbons (Fsp3) is 0.348. The maximum absolute atomic E-state index is 13.0. The Labute approximate surface area is 196 Å². The molecule has 0 spiro atoms. The van der Waals surface area contributed by atoms with E-state index in [0.29, 0.717) is 29.3 Å². The van der Waals surface area contributed by atoms with E-state index >= 15 is 0 Å². The SMILES string of the molecule is Cn1c(=O)c(C(=O)NCc2ccc(C#N)cc2)cc2cnnc(OCC3(S(C)(=O)=O)CCC3)c21. The number of benzene rings is 1. The molecule has 0 saturated heterocycles. The lowest BCUT2D eigenvalue weighted by atomic mass is 9.85. The molecule has 0 aliphatic heterocycles. The number of pyridine rings is 1. The highest BCUT2D eigenvalue weighted by Crippen LogP contribution is 2.39. The molecule has 1 N–H and O–H groups in total. The van der Waals surface area contributed by atoms with Crippen molar-refractivity contribution in [3.8, 4) is 11.9 Å². The van der Waals surface area contributed by atoms with Crippen molar-refractivity contribution >= 4 is 26.6 Å². The molecule has 3 aromatic rings. The number of rotatable bonds is 7. The second kappa shape index (κ2) is 8.87. The van der Waals surface area contributed by atoms with Gasteiger partial charge in [0.15, 0.2) is 9.84 Å². The molecule has 10 nitrogen and oxygen atoms in total. The van der Waals surface area contributed by atoms with Gasteiger partial charge in [-0.2, -0.15) is 10.4 Å². The zero-order chi connectivity index (χ0) is 24.5. The number of nitriles is 1. The van der Waals surface area contributed by atoms with E-state index in [0.717, 1.165) is 12.0 Å². The van der Waals surface area contributed by atoms with Crippen molar-refractivity contribution in [2.75, 3.05) is 12.9 Å². The third-order valence-electron chi connectivity index (χ3n) is 6.30. The van der Waals surface area contributed by atoms with Crippen LogP contribution in [0, 0.1) is 11.3 Å². The Bertz CT molecular complexity index is 1470. The highest BCUT2D eigenvalue weighted by molar-refractivity contribution is 7.92. The third kappa shape index (κ3) is 4.24. The number of nitrogens with zero attached hydrogens (tertiary/aromatic N) is 4. The first kappa shape index (κ1) is 23.4. The van der Waals surface area contributed by atoms with Crippen molar-refractivity contribution < 1.29 is 17.9 Å². The van der Waals surface area contributed by atoms with Crippen LogP contribution in [0.1, 0.15) is 40.7 Å². The molecule has 1 aliphatic rings. The fourth-order valence-corrected chi connectivity index (χ4v) is 5.25. The monoisotopic (exact) mass is 481 g/mol. The van der Waals surface area contributed by atoms with Crippen LogP contribution in [0.3, 0.4) is 0 Å². The molecule has 2 heterocycles. The van der Waals surface area contributed by atoms with Gasteiger partial charge in [0.25, 0.3) is 17.3 Å². The minimum absolute atomic E-state index is 0.0385. The largest absolute Gasteiger partial charge is 0.473 e. The van der Waals surface area contributed by atoms with Gasteiger partial charge in [-0.05, 0) is 36.6 Å². The second-order valence-corrected chi connectivity index (χ2v) is 10.9. The van der Waals surface area contributed by atoms with Crippen LogP contribution in [0.4, 0.5) is 0 Å². The van der Waals surface area contributed by atoms with Gasteiger partial charge < -0.3 is 14.6 Å². The number of nitrogens with one attached hydrogen (secondary N) is 1. The molecule has 1 fully saturated rings. The Kier molecular flexibility index (Phi) is 6.10. The van der Waals surface area contributed by atoms with Crippen molar-refractivity contribution in [2.24, 2.45) is 7.05 Å². The molecule has 34 heavy (non-hydrogen) atoms. The summed E-state index contributed by atoms with van der Waals surface area (Å²) in [5.74, 6) is -0.520. The van der Waals surface area contributed by atoms with Crippen LogP contribution in [-0.4, -0.2) is 46.7 Å². The maximum atomic E-state index is 13.0. The zero-order valence-electron chi connectivity index (χ0n) is 18.7. The zero-order valence-corrected chi connectivity index (χ0v) is 19.6. The molecule has 0 radical (unpaired) electrons. The van der Waals surface area contributed by atoms with Crippen LogP contribution in [0.25, 0.3) is 10.9 Å². The van der Waals surface area contributed by atoms with E-state index < -0.39 is 26.1 Å². The Morgan fingerprint density at radius 1 is 1.29 bits per heavy atom. The van der Waals surface area contributed by atoms with E-state index in [1.54, 1.807) is 24.3 Å². The van der Waals surface area contributed by atoms with Gasteiger partial charge in [0.2, 0.25) is 0 Å². The van der Waals surface area contributed by atoms with Gasteiger partial charge in [-0.1, -0.05) is 18.6 Å². The van der Waals surface area contributed by atoms with Crippen LogP contribution >= 0.6 is 0 Å². The molecule has 1 aromatic carbocycles. The minimum Gasteiger partial charge on any atom is -0.473 e. The molecule has 11 heteroatoms. The molecule has 2 aromatic heterocycles. The second-order valence-electron chi connectivity index (χ2n) is 8.46. The predicted molar refractivity (Wildman–Crippen MR) is 124 cm³/mol. The van der Waals surface area contributed by atoms with Gasteiger partial charge in [0.05, 0.1) is 17.8 Å². The lowest BCUT2D eigenvalue weighted by Gasteiger charge is -2.39. The summed E-state index contributed by atoms with van der Waals surface area (Å²) in [5, 5.41) is 19.9. The maximum Gasteiger partial charge on any atom is 0.263 e. The molecule has 1 aliphatic carbocycles. The number of carbonyl (C=O) groups excluding carboxylic acids is 1. The number of aryl methyl sites for hydroxylation is 1. The highest BCUT2D eigenvalue weighted by atomic mass is 32.2. The van der Waals surface area contributed by atoms with E-state index in [1.807, 2.05) is 6.07 Å². The van der Waals surface area contributed by atoms with Gasteiger partial charge in [0.1, 0.15) is 22.4 Å². The summed E-state index contributed by atoms with van der Waals surface area (Å²) >= 11 is 0. The standard InChI is InChI=1S/C23H23N5O5S/c1-28-19-17(13-26-27-21(19)33-14-23(8-3-9-23)34(2,31)32)10-18(22(28)30)20(29)25-12-16-6-4-15(11-24)5-7-16/h4-7,10,13H,3,8-9,12,14H2,1-2H3,(H,25,29). The van der Waals surface area contributed by atoms with Gasteiger partial charge in [-0.25, -0.2) is 8.42 Å². The molecule has 176 valence electrons. The number of sulfone groups is 1. The van der Waals surface area contributed by atoms with Crippen LogP contribution in [0.5, 0.6) is 5.88 Å². The van der Waals surface area contributed by atoms with Gasteiger partial charge in [-0.15, -0.1) is 5.10 Å². The fourth-order valence-electron chi connectivity index (χ4n) is 3.95. The Morgan fingerprint density at radius 3 is 2.59 bits per heavy atom. The smallest absolute Gasteiger partial charge is 0.263 e. The van der Waals surface area contributed by atoms with Crippen molar-refractivity contribution in [1.82, 2.24) is 20.1 Å². The van der Waals surface area contributed by atoms with Crippen LogP contribution in [-0.2, 0) is 23.4 Å². The first-order valence-corrected chi connectivity index (χ1v) is 12.5. The molecule has 0 unspecified atom stereocenters. The lowest BCUT2D eigenvalue weighted by Crippen LogP contribution is -2.49. The number of amides is 1. The first-order valence-electron chi connectivity index (χ1n) is 10.6. The van der Waals surface area contributed by atoms with Gasteiger partial charge in [-0.3, -0.25) is 9.59 Å². The molecule has 0 bridgehead atoms. The summed E-state index contributed by atoms with van der Waals surface area (Å²) in [5.41, 5.74) is 0.990. The van der Waals surface area contributed by atoms with Crippen LogP contribution < -0.4 is 15.6 Å². The number of hydrogen-bond donors (Lipinski definition) is 1. The Morgan fingerprint density at radius 2 is 2.00 bits per heavy atom. The lowest BCUT2D eigenvalue weighted by molar-refractivity contribution is 0.0949. The van der Waals surface area contributed by atoms with E-state index in [9.17, 15) is 18.0 Å². The third-order valence-corrected chi connectivity index (χ3v) is 8.39. The topological polar surface area (TPSA) is 144 Å². The summed E-state index contributed by atoms with van der Waals surface area (Å²) in [6.07, 6.45) is 4.42. The van der Waals surface area contributed by atoms with Crippen molar-refractivity contribution in [2.45, 2.75) is 30.6 Å². The summed E-state index contributed by atoms with van der Waals surface area (Å²) in [6, 6.07) is 10.2. The number of aromatic nitrogens is 3. The summed E-state index contributed by atoms with van der Waals surface area (Å²) < 4.78 is 30.5. The highest BCUT2D eigenvalue weighted by Gasteiger charge is 2.47. The van der Waals surface area contributed by atoms with Crippen LogP contribution in [0.2, 0.25) is 0 Å².